The minimum absolute atomic E-state index is 0.0555. The molecule has 70 valence electrons. The lowest BCUT2D eigenvalue weighted by Gasteiger charge is -2.14. The van der Waals surface area contributed by atoms with E-state index in [-0.39, 0.29) is 11.9 Å². The smallest absolute Gasteiger partial charge is 0.309 e. The van der Waals surface area contributed by atoms with Gasteiger partial charge >= 0.3 is 5.97 Å². The highest BCUT2D eigenvalue weighted by molar-refractivity contribution is 5.74. The number of alkyl halides is 1. The Balaban J connectivity index is 2.27. The molecule has 0 saturated carbocycles. The molecule has 0 N–H and O–H groups in total. The van der Waals surface area contributed by atoms with Crippen LogP contribution in [0.15, 0.2) is 0 Å². The summed E-state index contributed by atoms with van der Waals surface area (Å²) < 4.78 is 17.8. The zero-order valence-corrected chi connectivity index (χ0v) is 7.60. The lowest BCUT2D eigenvalue weighted by atomic mass is 9.95. The average molecular weight is 174 g/mol. The van der Waals surface area contributed by atoms with Gasteiger partial charge in [0.25, 0.3) is 0 Å². The van der Waals surface area contributed by atoms with Crippen molar-refractivity contribution >= 4 is 5.97 Å². The summed E-state index contributed by atoms with van der Waals surface area (Å²) in [6, 6.07) is 0. The van der Waals surface area contributed by atoms with Gasteiger partial charge in [-0.3, -0.25) is 4.79 Å². The van der Waals surface area contributed by atoms with Crippen molar-refractivity contribution in [1.29, 1.82) is 0 Å². The lowest BCUT2D eigenvalue weighted by Crippen LogP contribution is -2.16. The predicted molar refractivity (Wildman–Crippen MR) is 43.5 cm³/mol. The zero-order chi connectivity index (χ0) is 9.19. The number of rotatable bonds is 3. The molecule has 1 aliphatic heterocycles. The number of hydrogen-bond donors (Lipinski definition) is 0. The molecule has 0 spiro atoms. The Hall–Kier alpha value is -0.600. The van der Waals surface area contributed by atoms with E-state index < -0.39 is 5.67 Å². The van der Waals surface area contributed by atoms with Crippen molar-refractivity contribution in [3.8, 4) is 0 Å². The van der Waals surface area contributed by atoms with Gasteiger partial charge in [0.2, 0.25) is 0 Å². The number of carbonyl (C=O) groups is 1. The number of ether oxygens (including phenoxy) is 1. The van der Waals surface area contributed by atoms with Crippen molar-refractivity contribution in [2.24, 2.45) is 5.92 Å². The van der Waals surface area contributed by atoms with Crippen LogP contribution in [0.1, 0.15) is 33.1 Å². The third kappa shape index (κ3) is 2.80. The number of esters is 1. The molecule has 1 unspecified atom stereocenters. The third-order valence-corrected chi connectivity index (χ3v) is 2.13. The van der Waals surface area contributed by atoms with E-state index in [0.717, 1.165) is 6.42 Å². The fourth-order valence-corrected chi connectivity index (χ4v) is 1.32. The van der Waals surface area contributed by atoms with Gasteiger partial charge in [0.1, 0.15) is 5.67 Å². The Labute approximate surface area is 72.1 Å². The third-order valence-electron chi connectivity index (χ3n) is 2.13. The van der Waals surface area contributed by atoms with Crippen LogP contribution < -0.4 is 0 Å². The highest BCUT2D eigenvalue weighted by Gasteiger charge is 2.28. The van der Waals surface area contributed by atoms with Crippen LogP contribution in [0.25, 0.3) is 0 Å². The first-order chi connectivity index (χ1) is 5.49. The average Bonchev–Trinajstić information content (AvgIpc) is 2.29. The Morgan fingerprint density at radius 2 is 2.33 bits per heavy atom. The standard InChI is InChI=1S/C9H15FO2/c1-9(2,10)5-3-7-4-6-12-8(7)11/h7H,3-6H2,1-2H3. The zero-order valence-electron chi connectivity index (χ0n) is 7.60. The Morgan fingerprint density at radius 1 is 1.67 bits per heavy atom. The maximum absolute atomic E-state index is 13.0. The van der Waals surface area contributed by atoms with Crippen molar-refractivity contribution in [3.05, 3.63) is 0 Å². The van der Waals surface area contributed by atoms with Gasteiger partial charge in [-0.15, -0.1) is 0 Å². The largest absolute Gasteiger partial charge is 0.465 e. The van der Waals surface area contributed by atoms with Gasteiger partial charge in [-0.25, -0.2) is 4.39 Å². The number of halogens is 1. The van der Waals surface area contributed by atoms with E-state index in [1.807, 2.05) is 0 Å². The maximum Gasteiger partial charge on any atom is 0.309 e. The maximum atomic E-state index is 13.0. The first-order valence-corrected chi connectivity index (χ1v) is 4.34. The monoisotopic (exact) mass is 174 g/mol. The van der Waals surface area contributed by atoms with E-state index >= 15 is 0 Å². The molecule has 0 radical (unpaired) electrons. The molecule has 3 heteroatoms. The van der Waals surface area contributed by atoms with Crippen molar-refractivity contribution in [2.45, 2.75) is 38.8 Å². The normalized spacial score (nSPS) is 24.2. The summed E-state index contributed by atoms with van der Waals surface area (Å²) >= 11 is 0. The molecular weight excluding hydrogens is 159 g/mol. The quantitative estimate of drug-likeness (QED) is 0.612. The topological polar surface area (TPSA) is 26.3 Å². The van der Waals surface area contributed by atoms with E-state index in [4.69, 9.17) is 4.74 Å². The Kier molecular flexibility index (Phi) is 2.70. The molecule has 1 atom stereocenters. The molecule has 0 amide bonds. The second-order valence-corrected chi connectivity index (χ2v) is 3.91. The molecule has 0 aliphatic carbocycles. The van der Waals surface area contributed by atoms with Gasteiger partial charge in [-0.2, -0.15) is 0 Å². The minimum atomic E-state index is -1.16. The second kappa shape index (κ2) is 3.42. The number of cyclic esters (lactones) is 1. The molecule has 1 aliphatic rings. The highest BCUT2D eigenvalue weighted by atomic mass is 19.1. The van der Waals surface area contributed by atoms with Crippen LogP contribution in [-0.4, -0.2) is 18.2 Å². The Bertz CT molecular complexity index is 172. The molecule has 0 aromatic carbocycles. The fraction of sp³-hybridized carbons (Fsp3) is 0.889. The van der Waals surface area contributed by atoms with Gasteiger partial charge in [0.15, 0.2) is 0 Å². The molecule has 2 nitrogen and oxygen atoms in total. The van der Waals surface area contributed by atoms with Crippen LogP contribution in [0.4, 0.5) is 4.39 Å². The van der Waals surface area contributed by atoms with Crippen LogP contribution in [0, 0.1) is 5.92 Å². The summed E-state index contributed by atoms with van der Waals surface area (Å²) in [5.41, 5.74) is -1.16. The van der Waals surface area contributed by atoms with Crippen LogP contribution >= 0.6 is 0 Å². The second-order valence-electron chi connectivity index (χ2n) is 3.91. The van der Waals surface area contributed by atoms with E-state index in [1.165, 1.54) is 13.8 Å². The predicted octanol–water partition coefficient (Wildman–Crippen LogP) is 2.08. The van der Waals surface area contributed by atoms with Gasteiger partial charge in [0.05, 0.1) is 12.5 Å². The van der Waals surface area contributed by atoms with E-state index in [0.29, 0.717) is 19.4 Å². The van der Waals surface area contributed by atoms with E-state index in [2.05, 4.69) is 0 Å². The summed E-state index contributed by atoms with van der Waals surface area (Å²) in [6.07, 6.45) is 1.81. The van der Waals surface area contributed by atoms with Crippen LogP contribution in [0.2, 0.25) is 0 Å². The van der Waals surface area contributed by atoms with Crippen molar-refractivity contribution in [2.75, 3.05) is 6.61 Å². The van der Waals surface area contributed by atoms with Crippen LogP contribution in [-0.2, 0) is 9.53 Å². The first kappa shape index (κ1) is 9.49. The fourth-order valence-electron chi connectivity index (χ4n) is 1.32. The molecule has 1 saturated heterocycles. The first-order valence-electron chi connectivity index (χ1n) is 4.34. The minimum Gasteiger partial charge on any atom is -0.465 e. The molecule has 12 heavy (non-hydrogen) atoms. The van der Waals surface area contributed by atoms with E-state index in [1.54, 1.807) is 0 Å². The SMILES string of the molecule is CC(C)(F)CCC1CCOC1=O. The number of carbonyl (C=O) groups excluding carboxylic acids is 1. The Morgan fingerprint density at radius 3 is 2.75 bits per heavy atom. The molecule has 0 aromatic rings. The summed E-state index contributed by atoms with van der Waals surface area (Å²) in [7, 11) is 0. The van der Waals surface area contributed by atoms with Crippen molar-refractivity contribution in [1.82, 2.24) is 0 Å². The molecular formula is C9H15FO2. The molecule has 1 heterocycles. The van der Waals surface area contributed by atoms with Crippen LogP contribution in [0.5, 0.6) is 0 Å². The van der Waals surface area contributed by atoms with E-state index in [9.17, 15) is 9.18 Å². The highest BCUT2D eigenvalue weighted by Crippen LogP contribution is 2.25. The molecule has 1 fully saturated rings. The lowest BCUT2D eigenvalue weighted by molar-refractivity contribution is -0.141. The van der Waals surface area contributed by atoms with Crippen molar-refractivity contribution < 1.29 is 13.9 Å². The van der Waals surface area contributed by atoms with Gasteiger partial charge in [-0.1, -0.05) is 0 Å². The van der Waals surface area contributed by atoms with Crippen LogP contribution in [0.3, 0.4) is 0 Å². The molecule has 0 bridgehead atoms. The van der Waals surface area contributed by atoms with Gasteiger partial charge in [0, 0.05) is 0 Å². The summed E-state index contributed by atoms with van der Waals surface area (Å²) in [4.78, 5) is 10.9. The summed E-state index contributed by atoms with van der Waals surface area (Å²) in [5.74, 6) is -0.209. The summed E-state index contributed by atoms with van der Waals surface area (Å²) in [6.45, 7) is 3.58. The molecule has 0 aromatic heterocycles. The number of hydrogen-bond acceptors (Lipinski definition) is 2. The van der Waals surface area contributed by atoms with Gasteiger partial charge < -0.3 is 4.74 Å². The van der Waals surface area contributed by atoms with Gasteiger partial charge in [-0.05, 0) is 33.1 Å². The molecule has 1 rings (SSSR count). The van der Waals surface area contributed by atoms with Crippen molar-refractivity contribution in [3.63, 3.8) is 0 Å². The summed E-state index contributed by atoms with van der Waals surface area (Å²) in [5, 5.41) is 0.